The third-order valence-corrected chi connectivity index (χ3v) is 3.96. The fourth-order valence-electron chi connectivity index (χ4n) is 2.82. The average molecular weight is 290 g/mol. The highest BCUT2D eigenvalue weighted by molar-refractivity contribution is 5.78. The maximum absolute atomic E-state index is 12.5. The molecule has 0 bridgehead atoms. The van der Waals surface area contributed by atoms with Crippen molar-refractivity contribution < 1.29 is 9.53 Å². The second kappa shape index (κ2) is 8.03. The van der Waals surface area contributed by atoms with E-state index in [2.05, 4.69) is 19.2 Å². The quantitative estimate of drug-likeness (QED) is 0.837. The molecule has 4 heteroatoms. The van der Waals surface area contributed by atoms with Gasteiger partial charge in [0.05, 0.1) is 0 Å². The number of ether oxygens (including phenoxy) is 1. The lowest BCUT2D eigenvalue weighted by Crippen LogP contribution is -2.44. The minimum Gasteiger partial charge on any atom is -0.483 e. The number of aryl methyl sites for hydroxylation is 1. The Bertz CT molecular complexity index is 456. The molecule has 1 aliphatic heterocycles. The van der Waals surface area contributed by atoms with Gasteiger partial charge in [-0.2, -0.15) is 0 Å². The summed E-state index contributed by atoms with van der Waals surface area (Å²) < 4.78 is 5.77. The number of hydrogen-bond acceptors (Lipinski definition) is 3. The summed E-state index contributed by atoms with van der Waals surface area (Å²) in [6, 6.07) is 8.25. The van der Waals surface area contributed by atoms with E-state index in [0.717, 1.165) is 50.2 Å². The van der Waals surface area contributed by atoms with Gasteiger partial charge in [0.2, 0.25) is 0 Å². The normalized spacial score (nSPS) is 17.7. The molecule has 0 radical (unpaired) electrons. The minimum absolute atomic E-state index is 0.0939. The van der Waals surface area contributed by atoms with E-state index in [1.807, 2.05) is 29.2 Å². The first-order valence-corrected chi connectivity index (χ1v) is 7.97. The summed E-state index contributed by atoms with van der Waals surface area (Å²) in [6.07, 6.45) is 2.93. The molecular weight excluding hydrogens is 264 g/mol. The third-order valence-electron chi connectivity index (χ3n) is 3.96. The fourth-order valence-corrected chi connectivity index (χ4v) is 2.82. The zero-order valence-corrected chi connectivity index (χ0v) is 13.1. The molecule has 1 aromatic rings. The molecule has 1 aliphatic rings. The van der Waals surface area contributed by atoms with E-state index in [1.165, 1.54) is 0 Å². The molecule has 2 rings (SSSR count). The van der Waals surface area contributed by atoms with Crippen molar-refractivity contribution in [1.29, 1.82) is 0 Å². The van der Waals surface area contributed by atoms with E-state index in [4.69, 9.17) is 4.74 Å². The van der Waals surface area contributed by atoms with Crippen molar-refractivity contribution in [3.63, 3.8) is 0 Å². The number of rotatable bonds is 7. The van der Waals surface area contributed by atoms with Gasteiger partial charge in [-0.15, -0.1) is 0 Å². The molecule has 21 heavy (non-hydrogen) atoms. The van der Waals surface area contributed by atoms with Crippen LogP contribution in [0.3, 0.4) is 0 Å². The van der Waals surface area contributed by atoms with Crippen LogP contribution in [0.4, 0.5) is 0 Å². The zero-order chi connectivity index (χ0) is 15.1. The van der Waals surface area contributed by atoms with Crippen molar-refractivity contribution in [1.82, 2.24) is 10.2 Å². The second-order valence-electron chi connectivity index (χ2n) is 5.48. The van der Waals surface area contributed by atoms with E-state index in [0.29, 0.717) is 6.04 Å². The Kier molecular flexibility index (Phi) is 6.05. The van der Waals surface area contributed by atoms with Crippen LogP contribution < -0.4 is 10.1 Å². The van der Waals surface area contributed by atoms with Crippen molar-refractivity contribution in [2.75, 3.05) is 26.2 Å². The third kappa shape index (κ3) is 4.21. The summed E-state index contributed by atoms with van der Waals surface area (Å²) in [4.78, 5) is 14.4. The largest absolute Gasteiger partial charge is 0.483 e. The smallest absolute Gasteiger partial charge is 0.260 e. The number of nitrogens with one attached hydrogen (secondary N) is 1. The van der Waals surface area contributed by atoms with Crippen LogP contribution in [0, 0.1) is 0 Å². The molecule has 1 N–H and O–H groups in total. The topological polar surface area (TPSA) is 41.6 Å². The lowest BCUT2D eigenvalue weighted by Gasteiger charge is -2.28. The van der Waals surface area contributed by atoms with Crippen LogP contribution in [0.25, 0.3) is 0 Å². The highest BCUT2D eigenvalue weighted by atomic mass is 16.5. The maximum atomic E-state index is 12.5. The molecule has 0 saturated carbocycles. The summed E-state index contributed by atoms with van der Waals surface area (Å²) in [5, 5.41) is 3.32. The van der Waals surface area contributed by atoms with Gasteiger partial charge in [-0.05, 0) is 37.4 Å². The lowest BCUT2D eigenvalue weighted by atomic mass is 10.1. The molecule has 1 fully saturated rings. The van der Waals surface area contributed by atoms with Crippen molar-refractivity contribution in [3.8, 4) is 5.75 Å². The lowest BCUT2D eigenvalue weighted by molar-refractivity contribution is -0.135. The van der Waals surface area contributed by atoms with Gasteiger partial charge in [0, 0.05) is 19.1 Å². The summed E-state index contributed by atoms with van der Waals surface area (Å²) in [6.45, 7) is 7.04. The van der Waals surface area contributed by atoms with Gasteiger partial charge in [-0.25, -0.2) is 0 Å². The molecule has 1 unspecified atom stereocenters. The van der Waals surface area contributed by atoms with Crippen LogP contribution in [-0.2, 0) is 11.2 Å². The summed E-state index contributed by atoms with van der Waals surface area (Å²) >= 11 is 0. The van der Waals surface area contributed by atoms with Crippen molar-refractivity contribution in [2.45, 2.75) is 39.2 Å². The molecule has 1 amide bonds. The highest BCUT2D eigenvalue weighted by Gasteiger charge is 2.26. The molecule has 1 heterocycles. The summed E-state index contributed by atoms with van der Waals surface area (Å²) in [5.41, 5.74) is 1.15. The van der Waals surface area contributed by atoms with Gasteiger partial charge in [0.25, 0.3) is 5.91 Å². The van der Waals surface area contributed by atoms with Gasteiger partial charge in [0.1, 0.15) is 5.75 Å². The van der Waals surface area contributed by atoms with Crippen LogP contribution in [0.15, 0.2) is 24.3 Å². The number of hydrogen-bond donors (Lipinski definition) is 1. The van der Waals surface area contributed by atoms with Crippen LogP contribution in [0.1, 0.15) is 32.3 Å². The Morgan fingerprint density at radius 1 is 1.38 bits per heavy atom. The molecule has 0 aromatic heterocycles. The standard InChI is InChI=1S/C17H26N2O2/c1-3-11-19(15-9-10-18-12-15)17(20)13-21-16-8-6-5-7-14(16)4-2/h5-8,15,18H,3-4,9-13H2,1-2H3. The Morgan fingerprint density at radius 2 is 2.19 bits per heavy atom. The second-order valence-corrected chi connectivity index (χ2v) is 5.48. The Hall–Kier alpha value is -1.55. The number of carbonyl (C=O) groups excluding carboxylic acids is 1. The Balaban J connectivity index is 1.95. The first kappa shape index (κ1) is 15.8. The van der Waals surface area contributed by atoms with Crippen LogP contribution in [0.5, 0.6) is 5.75 Å². The Morgan fingerprint density at radius 3 is 2.86 bits per heavy atom. The summed E-state index contributed by atoms with van der Waals surface area (Å²) in [7, 11) is 0. The van der Waals surface area contributed by atoms with Gasteiger partial charge in [-0.3, -0.25) is 4.79 Å². The Labute approximate surface area is 127 Å². The molecule has 0 spiro atoms. The SMILES string of the molecule is CCCN(C(=O)COc1ccccc1CC)C1CCNC1. The number of para-hydroxylation sites is 1. The number of nitrogens with zero attached hydrogens (tertiary/aromatic N) is 1. The van der Waals surface area contributed by atoms with Gasteiger partial charge in [0.15, 0.2) is 6.61 Å². The molecule has 4 nitrogen and oxygen atoms in total. The molecule has 1 aromatic carbocycles. The van der Waals surface area contributed by atoms with Crippen LogP contribution >= 0.6 is 0 Å². The molecular formula is C17H26N2O2. The van der Waals surface area contributed by atoms with Gasteiger partial charge in [-0.1, -0.05) is 32.0 Å². The predicted octanol–water partition coefficient (Wildman–Crippen LogP) is 2.23. The first-order valence-electron chi connectivity index (χ1n) is 7.97. The molecule has 0 aliphatic carbocycles. The van der Waals surface area contributed by atoms with Crippen LogP contribution in [-0.4, -0.2) is 43.1 Å². The number of benzene rings is 1. The van der Waals surface area contributed by atoms with Crippen molar-refractivity contribution in [2.24, 2.45) is 0 Å². The van der Waals surface area contributed by atoms with E-state index in [9.17, 15) is 4.79 Å². The van der Waals surface area contributed by atoms with E-state index in [-0.39, 0.29) is 12.5 Å². The van der Waals surface area contributed by atoms with E-state index < -0.39 is 0 Å². The van der Waals surface area contributed by atoms with Crippen molar-refractivity contribution >= 4 is 5.91 Å². The zero-order valence-electron chi connectivity index (χ0n) is 13.1. The first-order chi connectivity index (χ1) is 10.3. The average Bonchev–Trinajstić information content (AvgIpc) is 3.04. The van der Waals surface area contributed by atoms with E-state index >= 15 is 0 Å². The summed E-state index contributed by atoms with van der Waals surface area (Å²) in [5.74, 6) is 0.922. The highest BCUT2D eigenvalue weighted by Crippen LogP contribution is 2.18. The monoisotopic (exact) mass is 290 g/mol. The number of amides is 1. The number of carbonyl (C=O) groups is 1. The fraction of sp³-hybridized carbons (Fsp3) is 0.588. The van der Waals surface area contributed by atoms with E-state index in [1.54, 1.807) is 0 Å². The molecule has 1 atom stereocenters. The predicted molar refractivity (Wildman–Crippen MR) is 84.6 cm³/mol. The minimum atomic E-state index is 0.0939. The maximum Gasteiger partial charge on any atom is 0.260 e. The van der Waals surface area contributed by atoms with Gasteiger partial charge >= 0.3 is 0 Å². The van der Waals surface area contributed by atoms with Crippen molar-refractivity contribution in [3.05, 3.63) is 29.8 Å². The van der Waals surface area contributed by atoms with Crippen LogP contribution in [0.2, 0.25) is 0 Å². The molecule has 1 saturated heterocycles. The van der Waals surface area contributed by atoms with Gasteiger partial charge < -0.3 is 15.0 Å². The molecule has 116 valence electrons.